The zero-order valence-electron chi connectivity index (χ0n) is 22.7. The van der Waals surface area contributed by atoms with Gasteiger partial charge in [-0.15, -0.1) is 0 Å². The number of carbonyl (C=O) groups excluding carboxylic acids is 1. The van der Waals surface area contributed by atoms with Crippen LogP contribution in [0.15, 0.2) is 91.1 Å². The molecule has 2 aromatic carbocycles. The lowest BCUT2D eigenvalue weighted by Crippen LogP contribution is -2.49. The molecule has 1 saturated heterocycles. The van der Waals surface area contributed by atoms with Crippen molar-refractivity contribution >= 4 is 46.0 Å². The zero-order valence-corrected chi connectivity index (χ0v) is 22.7. The molecule has 0 saturated carbocycles. The average Bonchev–Trinajstić information content (AvgIpc) is 3.00. The number of aromatic nitrogens is 4. The molecule has 6 rings (SSSR count). The number of para-hydroxylation sites is 1. The number of carbonyl (C=O) groups is 1. The molecule has 1 fully saturated rings. The molecular formula is C31H30N8O2. The minimum Gasteiger partial charge on any atom is -0.445 e. The highest BCUT2D eigenvalue weighted by molar-refractivity contribution is 5.81. The molecule has 0 bridgehead atoms. The van der Waals surface area contributed by atoms with Crippen LogP contribution in [-0.2, 0) is 11.3 Å². The highest BCUT2D eigenvalue weighted by Crippen LogP contribution is 2.24. The van der Waals surface area contributed by atoms with Crippen LogP contribution < -0.4 is 15.5 Å². The third-order valence-electron chi connectivity index (χ3n) is 6.78. The van der Waals surface area contributed by atoms with E-state index in [2.05, 4.69) is 35.5 Å². The Hall–Kier alpha value is -5.25. The first kappa shape index (κ1) is 26.0. The molecule has 0 atom stereocenters. The van der Waals surface area contributed by atoms with Gasteiger partial charge in [-0.25, -0.2) is 24.7 Å². The fraction of sp³-hybridized carbons (Fsp3) is 0.194. The number of ether oxygens (including phenoxy) is 1. The van der Waals surface area contributed by atoms with Crippen LogP contribution in [0.2, 0.25) is 0 Å². The van der Waals surface area contributed by atoms with Crippen LogP contribution in [0.3, 0.4) is 0 Å². The SMILES string of the molecule is Cc1nc(Nc2cc(Nc3ccc4ccccc4n3)ccn2)cc(N2CCN(C(=O)OCc3ccccc3)CC2)n1. The van der Waals surface area contributed by atoms with Gasteiger partial charge in [-0.05, 0) is 36.8 Å². The number of hydrogen-bond donors (Lipinski definition) is 2. The minimum absolute atomic E-state index is 0.267. The molecule has 0 aliphatic carbocycles. The topological polar surface area (TPSA) is 108 Å². The smallest absolute Gasteiger partial charge is 0.410 e. The molecule has 1 aliphatic rings. The van der Waals surface area contributed by atoms with Gasteiger partial charge in [-0.1, -0.05) is 48.5 Å². The number of amides is 1. The predicted molar refractivity (Wildman–Crippen MR) is 160 cm³/mol. The van der Waals surface area contributed by atoms with Crippen molar-refractivity contribution in [3.8, 4) is 0 Å². The molecule has 0 unspecified atom stereocenters. The van der Waals surface area contributed by atoms with Gasteiger partial charge in [0, 0.05) is 55.6 Å². The first-order valence-corrected chi connectivity index (χ1v) is 13.5. The first-order chi connectivity index (χ1) is 20.1. The lowest BCUT2D eigenvalue weighted by Gasteiger charge is -2.35. The molecule has 3 aromatic heterocycles. The van der Waals surface area contributed by atoms with Crippen molar-refractivity contribution in [1.82, 2.24) is 24.8 Å². The summed E-state index contributed by atoms with van der Waals surface area (Å²) in [7, 11) is 0. The van der Waals surface area contributed by atoms with E-state index in [1.54, 1.807) is 11.1 Å². The molecule has 4 heterocycles. The second kappa shape index (κ2) is 11.9. The summed E-state index contributed by atoms with van der Waals surface area (Å²) in [6, 6.07) is 27.4. The molecule has 41 heavy (non-hydrogen) atoms. The summed E-state index contributed by atoms with van der Waals surface area (Å²) in [5.74, 6) is 3.48. The average molecular weight is 547 g/mol. The van der Waals surface area contributed by atoms with Crippen molar-refractivity contribution < 1.29 is 9.53 Å². The number of rotatable bonds is 7. The predicted octanol–water partition coefficient (Wildman–Crippen LogP) is 5.67. The van der Waals surface area contributed by atoms with Gasteiger partial charge in [-0.2, -0.15) is 0 Å². The monoisotopic (exact) mass is 546 g/mol. The van der Waals surface area contributed by atoms with Gasteiger partial charge in [-0.3, -0.25) is 0 Å². The summed E-state index contributed by atoms with van der Waals surface area (Å²) in [6.07, 6.45) is 1.43. The largest absolute Gasteiger partial charge is 0.445 e. The molecule has 0 radical (unpaired) electrons. The van der Waals surface area contributed by atoms with Crippen molar-refractivity contribution in [2.24, 2.45) is 0 Å². The van der Waals surface area contributed by atoms with E-state index in [4.69, 9.17) is 4.74 Å². The summed E-state index contributed by atoms with van der Waals surface area (Å²) in [5.41, 5.74) is 2.75. The summed E-state index contributed by atoms with van der Waals surface area (Å²) < 4.78 is 5.50. The molecular weight excluding hydrogens is 516 g/mol. The van der Waals surface area contributed by atoms with E-state index < -0.39 is 0 Å². The van der Waals surface area contributed by atoms with Crippen molar-refractivity contribution in [2.75, 3.05) is 41.7 Å². The summed E-state index contributed by atoms with van der Waals surface area (Å²) in [6.45, 7) is 4.53. The van der Waals surface area contributed by atoms with Crippen LogP contribution in [-0.4, -0.2) is 57.1 Å². The number of benzene rings is 2. The highest BCUT2D eigenvalue weighted by atomic mass is 16.6. The molecule has 1 amide bonds. The molecule has 206 valence electrons. The molecule has 5 aromatic rings. The first-order valence-electron chi connectivity index (χ1n) is 13.5. The van der Waals surface area contributed by atoms with Gasteiger partial charge in [0.15, 0.2) is 0 Å². The Morgan fingerprint density at radius 2 is 1.61 bits per heavy atom. The van der Waals surface area contributed by atoms with E-state index in [0.717, 1.165) is 33.8 Å². The van der Waals surface area contributed by atoms with Crippen molar-refractivity contribution in [3.63, 3.8) is 0 Å². The van der Waals surface area contributed by atoms with Gasteiger partial charge < -0.3 is 25.2 Å². The van der Waals surface area contributed by atoms with Crippen LogP contribution in [0.5, 0.6) is 0 Å². The van der Waals surface area contributed by atoms with E-state index in [1.165, 1.54) is 0 Å². The van der Waals surface area contributed by atoms with Crippen molar-refractivity contribution in [3.05, 3.63) is 103 Å². The van der Waals surface area contributed by atoms with Crippen molar-refractivity contribution in [2.45, 2.75) is 13.5 Å². The zero-order chi connectivity index (χ0) is 28.0. The number of nitrogens with one attached hydrogen (secondary N) is 2. The molecule has 2 N–H and O–H groups in total. The van der Waals surface area contributed by atoms with Crippen LogP contribution in [0, 0.1) is 6.92 Å². The van der Waals surface area contributed by atoms with E-state index in [-0.39, 0.29) is 12.7 Å². The number of pyridine rings is 2. The Bertz CT molecular complexity index is 1660. The number of aryl methyl sites for hydroxylation is 1. The van der Waals surface area contributed by atoms with E-state index in [0.29, 0.717) is 43.6 Å². The van der Waals surface area contributed by atoms with Crippen LogP contribution in [0.4, 0.5) is 33.8 Å². The standard InChI is InChI=1S/C31H30N8O2/c1-22-33-29(37-28-19-25(13-14-32-28)35-27-12-11-24-9-5-6-10-26(24)36-27)20-30(34-22)38-15-17-39(18-16-38)31(40)41-21-23-7-3-2-4-8-23/h2-14,19-20H,15-18,21H2,1H3,(H2,32,33,34,35,36,37). The fourth-order valence-electron chi connectivity index (χ4n) is 4.70. The number of piperazine rings is 1. The highest BCUT2D eigenvalue weighted by Gasteiger charge is 2.23. The Labute approximate surface area is 238 Å². The fourth-order valence-corrected chi connectivity index (χ4v) is 4.70. The number of nitrogens with zero attached hydrogens (tertiary/aromatic N) is 6. The Morgan fingerprint density at radius 3 is 2.46 bits per heavy atom. The molecule has 1 aliphatic heterocycles. The normalized spacial score (nSPS) is 13.2. The summed E-state index contributed by atoms with van der Waals surface area (Å²) >= 11 is 0. The number of anilines is 5. The Morgan fingerprint density at radius 1 is 0.805 bits per heavy atom. The van der Waals surface area contributed by atoms with Gasteiger partial charge >= 0.3 is 6.09 Å². The van der Waals surface area contributed by atoms with E-state index >= 15 is 0 Å². The lowest BCUT2D eigenvalue weighted by molar-refractivity contribution is 0.0941. The molecule has 10 nitrogen and oxygen atoms in total. The summed E-state index contributed by atoms with van der Waals surface area (Å²) in [4.78, 5) is 34.8. The van der Waals surface area contributed by atoms with Crippen LogP contribution >= 0.6 is 0 Å². The van der Waals surface area contributed by atoms with Gasteiger partial charge in [0.1, 0.15) is 35.7 Å². The maximum Gasteiger partial charge on any atom is 0.410 e. The summed E-state index contributed by atoms with van der Waals surface area (Å²) in [5, 5.41) is 7.75. The van der Waals surface area contributed by atoms with Gasteiger partial charge in [0.05, 0.1) is 5.52 Å². The van der Waals surface area contributed by atoms with E-state index in [1.807, 2.05) is 91.9 Å². The van der Waals surface area contributed by atoms with Crippen molar-refractivity contribution in [1.29, 1.82) is 0 Å². The Balaban J connectivity index is 1.07. The van der Waals surface area contributed by atoms with Crippen LogP contribution in [0.25, 0.3) is 10.9 Å². The number of hydrogen-bond acceptors (Lipinski definition) is 9. The molecule has 0 spiro atoms. The third-order valence-corrected chi connectivity index (χ3v) is 6.78. The quantitative estimate of drug-likeness (QED) is 0.267. The van der Waals surface area contributed by atoms with Crippen LogP contribution in [0.1, 0.15) is 11.4 Å². The number of fused-ring (bicyclic) bond motifs is 1. The second-order valence-corrected chi connectivity index (χ2v) is 9.74. The maximum absolute atomic E-state index is 12.6. The third kappa shape index (κ3) is 6.50. The molecule has 10 heteroatoms. The van der Waals surface area contributed by atoms with E-state index in [9.17, 15) is 4.79 Å². The van der Waals surface area contributed by atoms with Gasteiger partial charge in [0.2, 0.25) is 0 Å². The Kier molecular flexibility index (Phi) is 7.53. The minimum atomic E-state index is -0.298. The second-order valence-electron chi connectivity index (χ2n) is 9.74. The lowest BCUT2D eigenvalue weighted by atomic mass is 10.2. The van der Waals surface area contributed by atoms with Gasteiger partial charge in [0.25, 0.3) is 0 Å². The maximum atomic E-state index is 12.6.